The summed E-state index contributed by atoms with van der Waals surface area (Å²) in [7, 11) is -3.62. The summed E-state index contributed by atoms with van der Waals surface area (Å²) in [6.07, 6.45) is 2.80. The second kappa shape index (κ2) is 5.51. The summed E-state index contributed by atoms with van der Waals surface area (Å²) in [5.74, 6) is 0.478. The molecule has 0 radical (unpaired) electrons. The summed E-state index contributed by atoms with van der Waals surface area (Å²) in [6, 6.07) is 8.64. The van der Waals surface area contributed by atoms with Gasteiger partial charge in [0.15, 0.2) is 0 Å². The van der Waals surface area contributed by atoms with Crippen molar-refractivity contribution in [2.45, 2.75) is 12.5 Å². The van der Waals surface area contributed by atoms with E-state index in [-0.39, 0.29) is 12.1 Å². The highest BCUT2D eigenvalue weighted by Gasteiger charge is 2.35. The van der Waals surface area contributed by atoms with Crippen LogP contribution >= 0.6 is 0 Å². The van der Waals surface area contributed by atoms with E-state index in [1.807, 2.05) is 0 Å². The zero-order valence-electron chi connectivity index (χ0n) is 12.1. The van der Waals surface area contributed by atoms with Gasteiger partial charge in [0.2, 0.25) is 10.0 Å². The van der Waals surface area contributed by atoms with E-state index in [9.17, 15) is 18.5 Å². The Hall–Kier alpha value is -2.68. The second-order valence-corrected chi connectivity index (χ2v) is 6.97. The van der Waals surface area contributed by atoms with Crippen molar-refractivity contribution in [3.8, 4) is 0 Å². The van der Waals surface area contributed by atoms with Gasteiger partial charge in [-0.15, -0.1) is 0 Å². The van der Waals surface area contributed by atoms with E-state index < -0.39 is 21.0 Å². The molecular weight excluding hydrogens is 322 g/mol. The first-order valence-electron chi connectivity index (χ1n) is 6.71. The SMILES string of the molecule is CS(=O)(=O)N1N=C(c2ccco2)C[C@H]1c1cccc([N+](=O)[O-])c1. The van der Waals surface area contributed by atoms with Crippen LogP contribution in [0.2, 0.25) is 0 Å². The van der Waals surface area contributed by atoms with Crippen molar-refractivity contribution >= 4 is 21.4 Å². The van der Waals surface area contributed by atoms with Gasteiger partial charge in [-0.05, 0) is 17.7 Å². The van der Waals surface area contributed by atoms with Gasteiger partial charge < -0.3 is 4.42 Å². The standard InChI is InChI=1S/C14H13N3O5S/c1-23(20,21)16-13(9-12(15-16)14-6-3-7-22-14)10-4-2-5-11(8-10)17(18)19/h2-8,13H,9H2,1H3/t13-/m0/s1. The van der Waals surface area contributed by atoms with Gasteiger partial charge in [0.05, 0.1) is 23.5 Å². The van der Waals surface area contributed by atoms with E-state index in [1.165, 1.54) is 24.5 Å². The van der Waals surface area contributed by atoms with Gasteiger partial charge in [0.25, 0.3) is 5.69 Å². The van der Waals surface area contributed by atoms with Crippen LogP contribution in [0.1, 0.15) is 23.8 Å². The lowest BCUT2D eigenvalue weighted by Crippen LogP contribution is -2.25. The fourth-order valence-corrected chi connectivity index (χ4v) is 3.39. The van der Waals surface area contributed by atoms with Crippen molar-refractivity contribution < 1.29 is 17.8 Å². The molecule has 8 nitrogen and oxygen atoms in total. The first kappa shape index (κ1) is 15.2. The van der Waals surface area contributed by atoms with Gasteiger partial charge in [-0.3, -0.25) is 10.1 Å². The van der Waals surface area contributed by atoms with Gasteiger partial charge >= 0.3 is 0 Å². The highest BCUT2D eigenvalue weighted by atomic mass is 32.2. The molecule has 120 valence electrons. The fourth-order valence-electron chi connectivity index (χ4n) is 2.48. The molecule has 0 saturated carbocycles. The molecule has 0 amide bonds. The molecule has 0 spiro atoms. The normalized spacial score (nSPS) is 18.0. The summed E-state index contributed by atoms with van der Waals surface area (Å²) < 4.78 is 30.3. The average Bonchev–Trinajstić information content (AvgIpc) is 3.15. The smallest absolute Gasteiger partial charge is 0.269 e. The zero-order chi connectivity index (χ0) is 16.6. The van der Waals surface area contributed by atoms with Crippen molar-refractivity contribution in [2.24, 2.45) is 5.10 Å². The molecule has 0 saturated heterocycles. The largest absolute Gasteiger partial charge is 0.463 e. The molecule has 1 aromatic carbocycles. The van der Waals surface area contributed by atoms with Crippen molar-refractivity contribution in [3.05, 3.63) is 64.1 Å². The number of furan rings is 1. The minimum atomic E-state index is -3.62. The Morgan fingerprint density at radius 1 is 1.35 bits per heavy atom. The third-order valence-electron chi connectivity index (χ3n) is 3.48. The molecule has 2 aromatic rings. The topological polar surface area (TPSA) is 106 Å². The lowest BCUT2D eigenvalue weighted by Gasteiger charge is -2.21. The van der Waals surface area contributed by atoms with E-state index in [4.69, 9.17) is 4.42 Å². The quantitative estimate of drug-likeness (QED) is 0.629. The van der Waals surface area contributed by atoms with Crippen molar-refractivity contribution in [2.75, 3.05) is 6.26 Å². The Labute approximate surface area is 132 Å². The number of hydrogen-bond donors (Lipinski definition) is 0. The van der Waals surface area contributed by atoms with Crippen LogP contribution in [0, 0.1) is 10.1 Å². The van der Waals surface area contributed by atoms with E-state index in [1.54, 1.807) is 18.2 Å². The van der Waals surface area contributed by atoms with Gasteiger partial charge in [-0.25, -0.2) is 8.42 Å². The van der Waals surface area contributed by atoms with E-state index in [0.717, 1.165) is 10.7 Å². The number of sulfonamides is 1. The maximum Gasteiger partial charge on any atom is 0.269 e. The van der Waals surface area contributed by atoms with Gasteiger partial charge in [0.1, 0.15) is 11.5 Å². The van der Waals surface area contributed by atoms with Crippen molar-refractivity contribution in [1.29, 1.82) is 0 Å². The second-order valence-electron chi connectivity index (χ2n) is 5.13. The number of nitrogens with zero attached hydrogens (tertiary/aromatic N) is 3. The van der Waals surface area contributed by atoms with E-state index in [0.29, 0.717) is 17.0 Å². The molecule has 1 aromatic heterocycles. The molecule has 1 aliphatic heterocycles. The molecular formula is C14H13N3O5S. The molecule has 2 heterocycles. The molecule has 1 aliphatic rings. The molecule has 3 rings (SSSR count). The maximum absolute atomic E-state index is 12.0. The van der Waals surface area contributed by atoms with Crippen LogP contribution in [0.5, 0.6) is 0 Å². The number of hydrazone groups is 1. The Morgan fingerprint density at radius 2 is 2.13 bits per heavy atom. The molecule has 0 bridgehead atoms. The Balaban J connectivity index is 2.02. The number of benzene rings is 1. The lowest BCUT2D eigenvalue weighted by molar-refractivity contribution is -0.384. The monoisotopic (exact) mass is 335 g/mol. The molecule has 0 fully saturated rings. The van der Waals surface area contributed by atoms with Gasteiger partial charge in [0, 0.05) is 18.6 Å². The summed E-state index contributed by atoms with van der Waals surface area (Å²) in [5.41, 5.74) is 0.897. The van der Waals surface area contributed by atoms with Gasteiger partial charge in [-0.1, -0.05) is 12.1 Å². The van der Waals surface area contributed by atoms with Crippen LogP contribution in [0.25, 0.3) is 0 Å². The molecule has 9 heteroatoms. The van der Waals surface area contributed by atoms with Crippen molar-refractivity contribution in [1.82, 2.24) is 4.41 Å². The molecule has 0 unspecified atom stereocenters. The predicted octanol–water partition coefficient (Wildman–Crippen LogP) is 2.30. The average molecular weight is 335 g/mol. The summed E-state index contributed by atoms with van der Waals surface area (Å²) >= 11 is 0. The number of nitro benzene ring substituents is 1. The van der Waals surface area contributed by atoms with Crippen LogP contribution < -0.4 is 0 Å². The van der Waals surface area contributed by atoms with E-state index >= 15 is 0 Å². The van der Waals surface area contributed by atoms with Crippen molar-refractivity contribution in [3.63, 3.8) is 0 Å². The molecule has 0 aliphatic carbocycles. The molecule has 1 atom stereocenters. The number of nitro groups is 1. The van der Waals surface area contributed by atoms with Crippen LogP contribution in [0.4, 0.5) is 5.69 Å². The predicted molar refractivity (Wildman–Crippen MR) is 82.4 cm³/mol. The summed E-state index contributed by atoms with van der Waals surface area (Å²) in [6.45, 7) is 0. The minimum absolute atomic E-state index is 0.0950. The van der Waals surface area contributed by atoms with Crippen LogP contribution in [0.15, 0.2) is 52.2 Å². The first-order valence-corrected chi connectivity index (χ1v) is 8.56. The number of rotatable bonds is 4. The fraction of sp³-hybridized carbons (Fsp3) is 0.214. The summed E-state index contributed by atoms with van der Waals surface area (Å²) in [5, 5.41) is 15.1. The maximum atomic E-state index is 12.0. The first-order chi connectivity index (χ1) is 10.9. The van der Waals surface area contributed by atoms with Crippen LogP contribution in [0.3, 0.4) is 0 Å². The van der Waals surface area contributed by atoms with Crippen LogP contribution in [-0.4, -0.2) is 29.7 Å². The van der Waals surface area contributed by atoms with Gasteiger partial charge in [-0.2, -0.15) is 9.52 Å². The third kappa shape index (κ3) is 2.95. The third-order valence-corrected chi connectivity index (χ3v) is 4.50. The van der Waals surface area contributed by atoms with E-state index in [2.05, 4.69) is 5.10 Å². The highest BCUT2D eigenvalue weighted by molar-refractivity contribution is 7.88. The minimum Gasteiger partial charge on any atom is -0.463 e. The lowest BCUT2D eigenvalue weighted by atomic mass is 10.0. The van der Waals surface area contributed by atoms with Crippen LogP contribution in [-0.2, 0) is 10.0 Å². The number of hydrogen-bond acceptors (Lipinski definition) is 6. The molecule has 0 N–H and O–H groups in total. The summed E-state index contributed by atoms with van der Waals surface area (Å²) in [4.78, 5) is 10.4. The Bertz CT molecular complexity index is 874. The Morgan fingerprint density at radius 3 is 2.74 bits per heavy atom. The zero-order valence-corrected chi connectivity index (χ0v) is 12.9. The molecule has 23 heavy (non-hydrogen) atoms. The highest BCUT2D eigenvalue weighted by Crippen LogP contribution is 2.35. The Kier molecular flexibility index (Phi) is 3.64. The number of non-ortho nitro benzene ring substituents is 1.